The second-order valence-electron chi connectivity index (χ2n) is 8.20. The maximum atomic E-state index is 13.0. The van der Waals surface area contributed by atoms with Gasteiger partial charge in [0.2, 0.25) is 15.9 Å². The molecule has 0 bridgehead atoms. The van der Waals surface area contributed by atoms with Crippen molar-refractivity contribution in [2.75, 3.05) is 30.8 Å². The highest BCUT2D eigenvalue weighted by Crippen LogP contribution is 2.26. The third kappa shape index (κ3) is 6.23. The van der Waals surface area contributed by atoms with Crippen LogP contribution in [0.2, 0.25) is 0 Å². The van der Waals surface area contributed by atoms with Crippen LogP contribution in [0, 0.1) is 0 Å². The number of methoxy groups -OCH3 is 1. The molecule has 0 aliphatic carbocycles. The van der Waals surface area contributed by atoms with Crippen LogP contribution in [0.25, 0.3) is 0 Å². The Morgan fingerprint density at radius 3 is 2.38 bits per heavy atom. The van der Waals surface area contributed by atoms with Gasteiger partial charge in [-0.2, -0.15) is 0 Å². The van der Waals surface area contributed by atoms with E-state index in [0.717, 1.165) is 31.5 Å². The molecule has 3 rings (SSSR count). The molecule has 2 aromatic rings. The van der Waals surface area contributed by atoms with Crippen LogP contribution in [0.1, 0.15) is 37.3 Å². The second-order valence-corrected chi connectivity index (χ2v) is 10.1. The van der Waals surface area contributed by atoms with E-state index < -0.39 is 16.1 Å². The first kappa shape index (κ1) is 24.1. The number of carbonyl (C=O) groups is 1. The predicted octanol–water partition coefficient (Wildman–Crippen LogP) is 3.15. The summed E-state index contributed by atoms with van der Waals surface area (Å²) in [4.78, 5) is 15.5. The van der Waals surface area contributed by atoms with Gasteiger partial charge in [-0.05, 0) is 55.6 Å². The Kier molecular flexibility index (Phi) is 8.15. The molecule has 1 unspecified atom stereocenters. The van der Waals surface area contributed by atoms with Gasteiger partial charge in [-0.15, -0.1) is 0 Å². The molecule has 32 heavy (non-hydrogen) atoms. The minimum Gasteiger partial charge on any atom is -0.497 e. The molecule has 0 aromatic heterocycles. The summed E-state index contributed by atoms with van der Waals surface area (Å²) in [7, 11) is -2.17. The normalized spacial score (nSPS) is 15.3. The largest absolute Gasteiger partial charge is 0.497 e. The molecule has 0 saturated carbocycles. The van der Waals surface area contributed by atoms with Crippen molar-refractivity contribution in [1.82, 2.24) is 10.2 Å². The van der Waals surface area contributed by atoms with E-state index in [-0.39, 0.29) is 5.91 Å². The lowest BCUT2D eigenvalue weighted by atomic mass is 10.1. The average Bonchev–Trinajstić information content (AvgIpc) is 3.29. The number of nitrogens with zero attached hydrogens (tertiary/aromatic N) is 2. The van der Waals surface area contributed by atoms with Gasteiger partial charge < -0.3 is 10.1 Å². The standard InChI is InChI=1S/C24H33N3O4S/c1-4-23(27(32(3,29)30)21-8-7-9-22(16-21)31-2)24(28)25-17-19-10-12-20(13-11-19)18-26-14-5-6-15-26/h7-13,16,23H,4-6,14-15,17-18H2,1-3H3,(H,25,28). The summed E-state index contributed by atoms with van der Waals surface area (Å²) in [6.07, 6.45) is 3.98. The lowest BCUT2D eigenvalue weighted by Crippen LogP contribution is -2.49. The van der Waals surface area contributed by atoms with Crippen LogP contribution < -0.4 is 14.4 Å². The van der Waals surface area contributed by atoms with Crippen molar-refractivity contribution in [2.45, 2.75) is 45.3 Å². The molecular formula is C24H33N3O4S. The number of carbonyl (C=O) groups excluding carboxylic acids is 1. The smallest absolute Gasteiger partial charge is 0.244 e. The Labute approximate surface area is 191 Å². The molecule has 1 aliphatic rings. The summed E-state index contributed by atoms with van der Waals surface area (Å²) in [5, 5.41) is 2.91. The van der Waals surface area contributed by atoms with Crippen LogP contribution in [0.3, 0.4) is 0 Å². The Morgan fingerprint density at radius 1 is 1.12 bits per heavy atom. The summed E-state index contributed by atoms with van der Waals surface area (Å²) >= 11 is 0. The van der Waals surface area contributed by atoms with Crippen LogP contribution in [0.15, 0.2) is 48.5 Å². The van der Waals surface area contributed by atoms with Gasteiger partial charge in [0, 0.05) is 19.2 Å². The molecular weight excluding hydrogens is 426 g/mol. The third-order valence-corrected chi connectivity index (χ3v) is 6.91. The minimum absolute atomic E-state index is 0.332. The van der Waals surface area contributed by atoms with E-state index >= 15 is 0 Å². The van der Waals surface area contributed by atoms with Gasteiger partial charge in [0.25, 0.3) is 0 Å². The maximum absolute atomic E-state index is 13.0. The number of amides is 1. The number of benzene rings is 2. The molecule has 1 saturated heterocycles. The van der Waals surface area contributed by atoms with Gasteiger partial charge >= 0.3 is 0 Å². The number of anilines is 1. The molecule has 1 N–H and O–H groups in total. The van der Waals surface area contributed by atoms with E-state index in [4.69, 9.17) is 4.74 Å². The lowest BCUT2D eigenvalue weighted by Gasteiger charge is -2.30. The molecule has 1 aliphatic heterocycles. The van der Waals surface area contributed by atoms with Crippen LogP contribution >= 0.6 is 0 Å². The highest BCUT2D eigenvalue weighted by Gasteiger charge is 2.31. The van der Waals surface area contributed by atoms with Gasteiger partial charge in [0.1, 0.15) is 11.8 Å². The predicted molar refractivity (Wildman–Crippen MR) is 127 cm³/mol. The van der Waals surface area contributed by atoms with Gasteiger partial charge in [0.05, 0.1) is 19.1 Å². The first-order chi connectivity index (χ1) is 15.3. The molecule has 1 heterocycles. The van der Waals surface area contributed by atoms with E-state index in [2.05, 4.69) is 22.3 Å². The van der Waals surface area contributed by atoms with Crippen molar-refractivity contribution in [3.63, 3.8) is 0 Å². The van der Waals surface area contributed by atoms with Gasteiger partial charge in [-0.25, -0.2) is 8.42 Å². The van der Waals surface area contributed by atoms with Crippen molar-refractivity contribution < 1.29 is 17.9 Å². The molecule has 8 heteroatoms. The number of sulfonamides is 1. The van der Waals surface area contributed by atoms with Crippen LogP contribution in [-0.4, -0.2) is 51.7 Å². The summed E-state index contributed by atoms with van der Waals surface area (Å²) in [5.41, 5.74) is 2.64. The number of nitrogens with one attached hydrogen (secondary N) is 1. The zero-order chi connectivity index (χ0) is 23.1. The van der Waals surface area contributed by atoms with E-state index in [1.165, 1.54) is 29.8 Å². The lowest BCUT2D eigenvalue weighted by molar-refractivity contribution is -0.122. The summed E-state index contributed by atoms with van der Waals surface area (Å²) in [5.74, 6) is 0.197. The number of hydrogen-bond donors (Lipinski definition) is 1. The Bertz CT molecular complexity index is 1000. The molecule has 1 atom stereocenters. The molecule has 1 amide bonds. The van der Waals surface area contributed by atoms with E-state index in [1.807, 2.05) is 12.1 Å². The Morgan fingerprint density at radius 2 is 1.78 bits per heavy atom. The highest BCUT2D eigenvalue weighted by atomic mass is 32.2. The third-order valence-electron chi connectivity index (χ3n) is 5.73. The fourth-order valence-electron chi connectivity index (χ4n) is 4.08. The molecule has 7 nitrogen and oxygen atoms in total. The van der Waals surface area contributed by atoms with Crippen molar-refractivity contribution >= 4 is 21.6 Å². The monoisotopic (exact) mass is 459 g/mol. The minimum atomic E-state index is -3.69. The van der Waals surface area contributed by atoms with E-state index in [0.29, 0.717) is 24.4 Å². The molecule has 2 aromatic carbocycles. The summed E-state index contributed by atoms with van der Waals surface area (Å²) in [6.45, 7) is 5.40. The van der Waals surface area contributed by atoms with Crippen molar-refractivity contribution in [3.8, 4) is 5.75 Å². The topological polar surface area (TPSA) is 79.0 Å². The second kappa shape index (κ2) is 10.8. The van der Waals surface area contributed by atoms with Crippen molar-refractivity contribution in [1.29, 1.82) is 0 Å². The van der Waals surface area contributed by atoms with Gasteiger partial charge in [-0.3, -0.25) is 14.0 Å². The average molecular weight is 460 g/mol. The SMILES string of the molecule is CCC(C(=O)NCc1ccc(CN2CCCC2)cc1)N(c1cccc(OC)c1)S(C)(=O)=O. The highest BCUT2D eigenvalue weighted by molar-refractivity contribution is 7.92. The molecule has 1 fully saturated rings. The van der Waals surface area contributed by atoms with Gasteiger partial charge in [-0.1, -0.05) is 37.3 Å². The quantitative estimate of drug-likeness (QED) is 0.591. The Hall–Kier alpha value is -2.58. The van der Waals surface area contributed by atoms with Crippen LogP contribution in [0.5, 0.6) is 5.75 Å². The molecule has 0 radical (unpaired) electrons. The number of ether oxygens (including phenoxy) is 1. The zero-order valence-electron chi connectivity index (χ0n) is 19.1. The van der Waals surface area contributed by atoms with Crippen LogP contribution in [0.4, 0.5) is 5.69 Å². The Balaban J connectivity index is 1.68. The van der Waals surface area contributed by atoms with E-state index in [1.54, 1.807) is 31.2 Å². The van der Waals surface area contributed by atoms with Crippen LogP contribution in [-0.2, 0) is 27.9 Å². The fraction of sp³-hybridized carbons (Fsp3) is 0.458. The van der Waals surface area contributed by atoms with Crippen molar-refractivity contribution in [3.05, 3.63) is 59.7 Å². The molecule has 174 valence electrons. The van der Waals surface area contributed by atoms with E-state index in [9.17, 15) is 13.2 Å². The fourth-order valence-corrected chi connectivity index (χ4v) is 5.28. The first-order valence-corrected chi connectivity index (χ1v) is 12.9. The number of likely N-dealkylation sites (tertiary alicyclic amines) is 1. The number of rotatable bonds is 10. The zero-order valence-corrected chi connectivity index (χ0v) is 19.9. The number of hydrogen-bond acceptors (Lipinski definition) is 5. The summed E-state index contributed by atoms with van der Waals surface area (Å²) < 4.78 is 31.6. The summed E-state index contributed by atoms with van der Waals surface area (Å²) in [6, 6.07) is 14.1. The maximum Gasteiger partial charge on any atom is 0.244 e. The first-order valence-electron chi connectivity index (χ1n) is 11.0. The molecule has 0 spiro atoms. The van der Waals surface area contributed by atoms with Gasteiger partial charge in [0.15, 0.2) is 0 Å². The van der Waals surface area contributed by atoms with Crippen molar-refractivity contribution in [2.24, 2.45) is 0 Å².